The topological polar surface area (TPSA) is 76.2 Å². The summed E-state index contributed by atoms with van der Waals surface area (Å²) in [5.41, 5.74) is 0.693. The predicted octanol–water partition coefficient (Wildman–Crippen LogP) is 2.54. The molecule has 0 aliphatic heterocycles. The molecule has 106 valence electrons. The maximum absolute atomic E-state index is 12.5. The van der Waals surface area contributed by atoms with Gasteiger partial charge < -0.3 is 9.72 Å². The molecule has 0 radical (unpaired) electrons. The number of aromatic nitrogens is 1. The van der Waals surface area contributed by atoms with Crippen molar-refractivity contribution < 1.29 is 17.9 Å². The summed E-state index contributed by atoms with van der Waals surface area (Å²) in [5, 5.41) is 0.541. The largest absolute Gasteiger partial charge is 0.426 e. The van der Waals surface area contributed by atoms with E-state index in [1.165, 1.54) is 18.3 Å². The Morgan fingerprint density at radius 3 is 2.48 bits per heavy atom. The third kappa shape index (κ3) is 2.30. The standard InChI is InChI=1S/C15H11NO4S/c17-10-20-15-9-16-14-7-6-12(8-13(14)15)21(18,19)11-4-2-1-3-5-11/h1-10,16H. The van der Waals surface area contributed by atoms with Gasteiger partial charge in [0.15, 0.2) is 5.75 Å². The van der Waals surface area contributed by atoms with Gasteiger partial charge in [-0.25, -0.2) is 8.42 Å². The molecule has 0 unspecified atom stereocenters. The molecule has 0 aliphatic carbocycles. The fraction of sp³-hybridized carbons (Fsp3) is 0. The van der Waals surface area contributed by atoms with Crippen LogP contribution in [0.5, 0.6) is 5.75 Å². The van der Waals surface area contributed by atoms with Crippen LogP contribution in [0, 0.1) is 0 Å². The molecule has 0 fully saturated rings. The maximum atomic E-state index is 12.5. The zero-order chi connectivity index (χ0) is 14.9. The van der Waals surface area contributed by atoms with Gasteiger partial charge in [0.1, 0.15) is 0 Å². The number of carbonyl (C=O) groups excluding carboxylic acids is 1. The van der Waals surface area contributed by atoms with E-state index in [0.29, 0.717) is 23.1 Å². The first-order valence-corrected chi connectivity index (χ1v) is 7.63. The minimum absolute atomic E-state index is 0.150. The first-order chi connectivity index (χ1) is 10.1. The van der Waals surface area contributed by atoms with E-state index in [2.05, 4.69) is 4.98 Å². The van der Waals surface area contributed by atoms with Gasteiger partial charge in [0, 0.05) is 17.1 Å². The number of aromatic amines is 1. The lowest BCUT2D eigenvalue weighted by molar-refractivity contribution is -0.120. The zero-order valence-corrected chi connectivity index (χ0v) is 11.6. The number of nitrogens with one attached hydrogen (secondary N) is 1. The van der Waals surface area contributed by atoms with E-state index in [1.54, 1.807) is 36.4 Å². The monoisotopic (exact) mass is 301 g/mol. The van der Waals surface area contributed by atoms with Gasteiger partial charge in [0.2, 0.25) is 9.84 Å². The van der Waals surface area contributed by atoms with Gasteiger partial charge in [-0.1, -0.05) is 18.2 Å². The number of ether oxygens (including phenoxy) is 1. The van der Waals surface area contributed by atoms with Crippen molar-refractivity contribution in [3.8, 4) is 5.75 Å². The molecular weight excluding hydrogens is 290 g/mol. The highest BCUT2D eigenvalue weighted by Crippen LogP contribution is 2.29. The molecule has 0 aliphatic rings. The van der Waals surface area contributed by atoms with Crippen molar-refractivity contribution in [3.05, 3.63) is 54.7 Å². The average Bonchev–Trinajstić information content (AvgIpc) is 2.91. The van der Waals surface area contributed by atoms with Crippen LogP contribution in [0.4, 0.5) is 0 Å². The molecule has 0 saturated heterocycles. The fourth-order valence-electron chi connectivity index (χ4n) is 2.13. The van der Waals surface area contributed by atoms with Crippen LogP contribution in [0.2, 0.25) is 0 Å². The lowest BCUT2D eigenvalue weighted by atomic mass is 10.2. The van der Waals surface area contributed by atoms with Crippen LogP contribution in [0.3, 0.4) is 0 Å². The van der Waals surface area contributed by atoms with E-state index >= 15 is 0 Å². The van der Waals surface area contributed by atoms with E-state index in [4.69, 9.17) is 4.74 Å². The Morgan fingerprint density at radius 1 is 1.00 bits per heavy atom. The number of H-pyrrole nitrogens is 1. The quantitative estimate of drug-likeness (QED) is 0.751. The zero-order valence-electron chi connectivity index (χ0n) is 10.8. The lowest BCUT2D eigenvalue weighted by Crippen LogP contribution is -2.01. The molecular formula is C15H11NO4S. The summed E-state index contributed by atoms with van der Waals surface area (Å²) >= 11 is 0. The molecule has 1 N–H and O–H groups in total. The van der Waals surface area contributed by atoms with Crippen molar-refractivity contribution in [2.75, 3.05) is 0 Å². The number of benzene rings is 2. The van der Waals surface area contributed by atoms with Crippen molar-refractivity contribution in [2.24, 2.45) is 0 Å². The lowest BCUT2D eigenvalue weighted by Gasteiger charge is -2.05. The summed E-state index contributed by atoms with van der Waals surface area (Å²) < 4.78 is 29.9. The molecule has 3 rings (SSSR count). The Labute approximate surface area is 121 Å². The van der Waals surface area contributed by atoms with Gasteiger partial charge in [-0.3, -0.25) is 4.79 Å². The van der Waals surface area contributed by atoms with E-state index < -0.39 is 9.84 Å². The molecule has 0 atom stereocenters. The van der Waals surface area contributed by atoms with Gasteiger partial charge in [-0.15, -0.1) is 0 Å². The maximum Gasteiger partial charge on any atom is 0.298 e. The highest BCUT2D eigenvalue weighted by atomic mass is 32.2. The molecule has 0 bridgehead atoms. The van der Waals surface area contributed by atoms with Crippen LogP contribution in [0.15, 0.2) is 64.5 Å². The third-order valence-corrected chi connectivity index (χ3v) is 4.92. The second kappa shape index (κ2) is 5.06. The van der Waals surface area contributed by atoms with Crippen LogP contribution in [0.1, 0.15) is 0 Å². The summed E-state index contributed by atoms with van der Waals surface area (Å²) in [6.45, 7) is 0.307. The molecule has 1 heterocycles. The summed E-state index contributed by atoms with van der Waals surface area (Å²) in [4.78, 5) is 13.7. The predicted molar refractivity (Wildman–Crippen MR) is 76.9 cm³/mol. The van der Waals surface area contributed by atoms with Crippen molar-refractivity contribution in [2.45, 2.75) is 9.79 Å². The summed E-state index contributed by atoms with van der Waals surface area (Å²) in [6, 6.07) is 12.8. The molecule has 5 nitrogen and oxygen atoms in total. The Balaban J connectivity index is 2.17. The first-order valence-electron chi connectivity index (χ1n) is 6.14. The van der Waals surface area contributed by atoms with Gasteiger partial charge in [-0.2, -0.15) is 0 Å². The highest BCUT2D eigenvalue weighted by molar-refractivity contribution is 7.91. The van der Waals surface area contributed by atoms with Crippen LogP contribution < -0.4 is 4.74 Å². The van der Waals surface area contributed by atoms with Crippen LogP contribution in [0.25, 0.3) is 10.9 Å². The van der Waals surface area contributed by atoms with Crippen LogP contribution in [-0.4, -0.2) is 19.9 Å². The van der Waals surface area contributed by atoms with E-state index in [1.807, 2.05) is 0 Å². The Kier molecular flexibility index (Phi) is 3.23. The SMILES string of the molecule is O=COc1c[nH]c2ccc(S(=O)(=O)c3ccccc3)cc12. The average molecular weight is 301 g/mol. The molecule has 21 heavy (non-hydrogen) atoms. The van der Waals surface area contributed by atoms with Gasteiger partial charge in [0.25, 0.3) is 6.47 Å². The molecule has 3 aromatic rings. The number of rotatable bonds is 4. The smallest absolute Gasteiger partial charge is 0.298 e. The molecule has 1 aromatic heterocycles. The number of carbonyl (C=O) groups is 1. The van der Waals surface area contributed by atoms with Crippen molar-refractivity contribution in [1.82, 2.24) is 4.98 Å². The van der Waals surface area contributed by atoms with E-state index in [9.17, 15) is 13.2 Å². The number of sulfone groups is 1. The van der Waals surface area contributed by atoms with Gasteiger partial charge in [0.05, 0.1) is 9.79 Å². The second-order valence-corrected chi connectivity index (χ2v) is 6.34. The Morgan fingerprint density at radius 2 is 1.76 bits per heavy atom. The minimum atomic E-state index is -3.60. The third-order valence-electron chi connectivity index (χ3n) is 3.15. The molecule has 0 amide bonds. The van der Waals surface area contributed by atoms with Gasteiger partial charge in [-0.05, 0) is 30.3 Å². The van der Waals surface area contributed by atoms with Crippen molar-refractivity contribution in [1.29, 1.82) is 0 Å². The summed E-state index contributed by atoms with van der Waals surface area (Å²) in [5.74, 6) is 0.296. The minimum Gasteiger partial charge on any atom is -0.426 e. The normalized spacial score (nSPS) is 11.4. The molecule has 6 heteroatoms. The fourth-order valence-corrected chi connectivity index (χ4v) is 3.43. The van der Waals surface area contributed by atoms with Crippen molar-refractivity contribution in [3.63, 3.8) is 0 Å². The number of fused-ring (bicyclic) bond motifs is 1. The van der Waals surface area contributed by atoms with Gasteiger partial charge >= 0.3 is 0 Å². The Bertz CT molecular complexity index is 898. The molecule has 0 saturated carbocycles. The number of hydrogen-bond donors (Lipinski definition) is 1. The summed E-state index contributed by atoms with van der Waals surface area (Å²) in [7, 11) is -3.60. The van der Waals surface area contributed by atoms with E-state index in [0.717, 1.165) is 0 Å². The highest BCUT2D eigenvalue weighted by Gasteiger charge is 2.18. The van der Waals surface area contributed by atoms with Crippen LogP contribution >= 0.6 is 0 Å². The van der Waals surface area contributed by atoms with Crippen LogP contribution in [-0.2, 0) is 14.6 Å². The second-order valence-electron chi connectivity index (χ2n) is 4.39. The van der Waals surface area contributed by atoms with Crippen molar-refractivity contribution >= 4 is 27.2 Å². The first kappa shape index (κ1) is 13.4. The molecule has 0 spiro atoms. The Hall–Kier alpha value is -2.60. The van der Waals surface area contributed by atoms with E-state index in [-0.39, 0.29) is 9.79 Å². The molecule has 2 aromatic carbocycles. The number of hydrogen-bond acceptors (Lipinski definition) is 4. The summed E-state index contributed by atoms with van der Waals surface area (Å²) in [6.07, 6.45) is 1.51.